The highest BCUT2D eigenvalue weighted by Gasteiger charge is 2.15. The fraction of sp³-hybridized carbons (Fsp3) is 0.333. The molecule has 0 spiro atoms. The second kappa shape index (κ2) is 4.77. The lowest BCUT2D eigenvalue weighted by Crippen LogP contribution is -2.27. The molecule has 1 aromatic carbocycles. The van der Waals surface area contributed by atoms with Gasteiger partial charge in [0.25, 0.3) is 5.56 Å². The van der Waals surface area contributed by atoms with Crippen LogP contribution in [0.2, 0.25) is 0 Å². The Balaban J connectivity index is 2.03. The predicted molar refractivity (Wildman–Crippen MR) is 70.7 cm³/mol. The molecule has 1 aromatic heterocycles. The van der Waals surface area contributed by atoms with E-state index in [0.717, 1.165) is 30.7 Å². The van der Waals surface area contributed by atoms with Crippen molar-refractivity contribution in [2.24, 2.45) is 0 Å². The van der Waals surface area contributed by atoms with Crippen LogP contribution in [0.25, 0.3) is 0 Å². The van der Waals surface area contributed by atoms with E-state index >= 15 is 0 Å². The topological polar surface area (TPSA) is 34.9 Å². The maximum absolute atomic E-state index is 12.0. The first-order chi connectivity index (χ1) is 8.84. The van der Waals surface area contributed by atoms with Crippen LogP contribution in [0.5, 0.6) is 0 Å². The van der Waals surface area contributed by atoms with Crippen LogP contribution in [0.1, 0.15) is 29.8 Å². The highest BCUT2D eigenvalue weighted by Crippen LogP contribution is 2.18. The third kappa shape index (κ3) is 2.08. The molecule has 2 aromatic rings. The van der Waals surface area contributed by atoms with Crippen molar-refractivity contribution >= 4 is 0 Å². The molecule has 92 valence electrons. The van der Waals surface area contributed by atoms with Crippen LogP contribution in [0.3, 0.4) is 0 Å². The third-order valence-corrected chi connectivity index (χ3v) is 3.52. The summed E-state index contributed by atoms with van der Waals surface area (Å²) in [4.78, 5) is 16.3. The number of aryl methyl sites for hydroxylation is 1. The Morgan fingerprint density at radius 1 is 1.11 bits per heavy atom. The van der Waals surface area contributed by atoms with Gasteiger partial charge in [-0.2, -0.15) is 0 Å². The minimum Gasteiger partial charge on any atom is -0.305 e. The molecule has 1 heterocycles. The van der Waals surface area contributed by atoms with Gasteiger partial charge in [-0.05, 0) is 31.2 Å². The van der Waals surface area contributed by atoms with Crippen LogP contribution in [0, 0.1) is 0 Å². The van der Waals surface area contributed by atoms with Gasteiger partial charge in [-0.25, -0.2) is 0 Å². The summed E-state index contributed by atoms with van der Waals surface area (Å²) >= 11 is 0. The van der Waals surface area contributed by atoms with Crippen molar-refractivity contribution in [1.29, 1.82) is 0 Å². The molecular weight excluding hydrogens is 224 g/mol. The summed E-state index contributed by atoms with van der Waals surface area (Å²) in [5, 5.41) is 0. The number of rotatable bonds is 2. The van der Waals surface area contributed by atoms with Crippen LogP contribution in [0.15, 0.2) is 41.3 Å². The Morgan fingerprint density at radius 3 is 2.72 bits per heavy atom. The average Bonchev–Trinajstić information content (AvgIpc) is 2.43. The summed E-state index contributed by atoms with van der Waals surface area (Å²) in [5.74, 6) is 0. The molecule has 0 N–H and O–H groups in total. The van der Waals surface area contributed by atoms with Crippen molar-refractivity contribution in [2.75, 3.05) is 0 Å². The van der Waals surface area contributed by atoms with E-state index in [1.54, 1.807) is 0 Å². The van der Waals surface area contributed by atoms with Crippen molar-refractivity contribution in [1.82, 2.24) is 9.55 Å². The number of hydrogen-bond acceptors (Lipinski definition) is 2. The molecule has 0 fully saturated rings. The summed E-state index contributed by atoms with van der Waals surface area (Å²) in [7, 11) is 0. The molecule has 0 radical (unpaired) electrons. The molecule has 0 unspecified atom stereocenters. The van der Waals surface area contributed by atoms with E-state index in [1.807, 2.05) is 22.8 Å². The summed E-state index contributed by atoms with van der Waals surface area (Å²) in [6, 6.07) is 10.1. The first-order valence-corrected chi connectivity index (χ1v) is 6.46. The normalized spacial score (nSPS) is 14.2. The molecule has 0 atom stereocenters. The van der Waals surface area contributed by atoms with Crippen LogP contribution in [-0.2, 0) is 19.4 Å². The number of aromatic nitrogens is 2. The van der Waals surface area contributed by atoms with E-state index in [9.17, 15) is 4.79 Å². The van der Waals surface area contributed by atoms with E-state index in [2.05, 4.69) is 17.1 Å². The Labute approximate surface area is 106 Å². The molecule has 1 aliphatic carbocycles. The summed E-state index contributed by atoms with van der Waals surface area (Å²) in [6.45, 7) is 0.657. The van der Waals surface area contributed by atoms with E-state index in [1.165, 1.54) is 18.2 Å². The van der Waals surface area contributed by atoms with Gasteiger partial charge >= 0.3 is 0 Å². The SMILES string of the molecule is O=c1cnc2c(n1Cc1ccccc1)CCCC2. The Kier molecular flexibility index (Phi) is 2.97. The molecule has 0 bridgehead atoms. The van der Waals surface area contributed by atoms with Crippen molar-refractivity contribution in [3.63, 3.8) is 0 Å². The van der Waals surface area contributed by atoms with E-state index < -0.39 is 0 Å². The average molecular weight is 240 g/mol. The van der Waals surface area contributed by atoms with Crippen LogP contribution < -0.4 is 5.56 Å². The number of benzene rings is 1. The van der Waals surface area contributed by atoms with Gasteiger partial charge in [0.05, 0.1) is 18.4 Å². The first-order valence-electron chi connectivity index (χ1n) is 6.46. The van der Waals surface area contributed by atoms with Gasteiger partial charge < -0.3 is 4.57 Å². The predicted octanol–water partition coefficient (Wildman–Crippen LogP) is 2.17. The zero-order chi connectivity index (χ0) is 12.4. The highest BCUT2D eigenvalue weighted by molar-refractivity contribution is 5.20. The maximum Gasteiger partial charge on any atom is 0.269 e. The number of hydrogen-bond donors (Lipinski definition) is 0. The second-order valence-electron chi connectivity index (χ2n) is 4.77. The van der Waals surface area contributed by atoms with Gasteiger partial charge in [0, 0.05) is 5.69 Å². The molecule has 0 saturated heterocycles. The molecule has 0 aliphatic heterocycles. The van der Waals surface area contributed by atoms with E-state index in [0.29, 0.717) is 6.54 Å². The van der Waals surface area contributed by atoms with Gasteiger partial charge in [-0.15, -0.1) is 0 Å². The summed E-state index contributed by atoms with van der Waals surface area (Å²) in [6.07, 6.45) is 5.79. The Bertz CT molecular complexity index is 602. The minimum absolute atomic E-state index is 0.0134. The Hall–Kier alpha value is -1.90. The van der Waals surface area contributed by atoms with Crippen molar-refractivity contribution in [3.8, 4) is 0 Å². The van der Waals surface area contributed by atoms with Gasteiger partial charge in [-0.3, -0.25) is 9.78 Å². The van der Waals surface area contributed by atoms with E-state index in [-0.39, 0.29) is 5.56 Å². The third-order valence-electron chi connectivity index (χ3n) is 3.52. The first kappa shape index (κ1) is 11.2. The molecule has 0 saturated carbocycles. The van der Waals surface area contributed by atoms with Gasteiger partial charge in [0.2, 0.25) is 0 Å². The maximum atomic E-state index is 12.0. The molecule has 18 heavy (non-hydrogen) atoms. The fourth-order valence-corrected chi connectivity index (χ4v) is 2.58. The number of fused-ring (bicyclic) bond motifs is 1. The quantitative estimate of drug-likeness (QED) is 0.806. The van der Waals surface area contributed by atoms with Gasteiger partial charge in [0.15, 0.2) is 0 Å². The molecule has 3 heteroatoms. The second-order valence-corrected chi connectivity index (χ2v) is 4.77. The zero-order valence-electron chi connectivity index (χ0n) is 10.3. The number of nitrogens with zero attached hydrogens (tertiary/aromatic N) is 2. The molecular formula is C15H16N2O. The smallest absolute Gasteiger partial charge is 0.269 e. The van der Waals surface area contributed by atoms with Crippen LogP contribution in [-0.4, -0.2) is 9.55 Å². The Morgan fingerprint density at radius 2 is 1.89 bits per heavy atom. The van der Waals surface area contributed by atoms with Crippen molar-refractivity contribution in [2.45, 2.75) is 32.2 Å². The standard InChI is InChI=1S/C15H16N2O/c18-15-10-16-13-8-4-5-9-14(13)17(15)11-12-6-2-1-3-7-12/h1-3,6-7,10H,4-5,8-9,11H2. The lowest BCUT2D eigenvalue weighted by atomic mass is 10.00. The van der Waals surface area contributed by atoms with Crippen LogP contribution in [0.4, 0.5) is 0 Å². The largest absolute Gasteiger partial charge is 0.305 e. The van der Waals surface area contributed by atoms with E-state index in [4.69, 9.17) is 0 Å². The van der Waals surface area contributed by atoms with Crippen molar-refractivity contribution in [3.05, 3.63) is 63.8 Å². The molecule has 3 rings (SSSR count). The lowest BCUT2D eigenvalue weighted by Gasteiger charge is -2.19. The minimum atomic E-state index is 0.0134. The molecule has 0 amide bonds. The van der Waals surface area contributed by atoms with Crippen LogP contribution >= 0.6 is 0 Å². The van der Waals surface area contributed by atoms with Gasteiger partial charge in [-0.1, -0.05) is 30.3 Å². The molecule has 1 aliphatic rings. The highest BCUT2D eigenvalue weighted by atomic mass is 16.1. The monoisotopic (exact) mass is 240 g/mol. The summed E-state index contributed by atoms with van der Waals surface area (Å²) < 4.78 is 1.89. The van der Waals surface area contributed by atoms with Gasteiger partial charge in [0.1, 0.15) is 0 Å². The summed E-state index contributed by atoms with van der Waals surface area (Å²) in [5.41, 5.74) is 3.42. The lowest BCUT2D eigenvalue weighted by molar-refractivity contribution is 0.584. The van der Waals surface area contributed by atoms with Crippen molar-refractivity contribution < 1.29 is 0 Å². The molecule has 3 nitrogen and oxygen atoms in total. The fourth-order valence-electron chi connectivity index (χ4n) is 2.58. The zero-order valence-corrected chi connectivity index (χ0v) is 10.3.